The second-order valence-electron chi connectivity index (χ2n) is 4.30. The third kappa shape index (κ3) is 2.64. The number of halogens is 1. The average molecular weight is 286 g/mol. The van der Waals surface area contributed by atoms with Crippen molar-refractivity contribution in [1.82, 2.24) is 24.5 Å². The van der Waals surface area contributed by atoms with Gasteiger partial charge < -0.3 is 5.32 Å². The second-order valence-corrected chi connectivity index (χ2v) is 4.30. The molecule has 0 amide bonds. The van der Waals surface area contributed by atoms with Crippen LogP contribution in [0, 0.1) is 0 Å². The second kappa shape index (κ2) is 5.16. The van der Waals surface area contributed by atoms with Crippen LogP contribution in [-0.4, -0.2) is 24.5 Å². The molecule has 0 radical (unpaired) electrons. The highest BCUT2D eigenvalue weighted by molar-refractivity contribution is 5.60. The first-order valence-electron chi connectivity index (χ1n) is 6.11. The lowest BCUT2D eigenvalue weighted by molar-refractivity contribution is 0.352. The lowest BCUT2D eigenvalue weighted by Crippen LogP contribution is -2.11. The molecule has 0 saturated heterocycles. The molecule has 8 heteroatoms. The van der Waals surface area contributed by atoms with Gasteiger partial charge in [-0.25, -0.2) is 9.97 Å². The largest absolute Gasteiger partial charge is 0.309 e. The fourth-order valence-corrected chi connectivity index (χ4v) is 1.81. The predicted molar refractivity (Wildman–Crippen MR) is 74.7 cm³/mol. The summed E-state index contributed by atoms with van der Waals surface area (Å²) < 4.78 is 14.6. The van der Waals surface area contributed by atoms with E-state index in [1.165, 1.54) is 12.1 Å². The van der Waals surface area contributed by atoms with Crippen molar-refractivity contribution in [2.45, 2.75) is 0 Å². The monoisotopic (exact) mass is 286 g/mol. The normalized spacial score (nSPS) is 10.6. The van der Waals surface area contributed by atoms with Crippen LogP contribution in [0.15, 0.2) is 47.7 Å². The molecule has 3 aromatic rings. The minimum atomic E-state index is -0.743. The molecule has 1 N–H and O–H groups in total. The fourth-order valence-electron chi connectivity index (χ4n) is 1.81. The molecule has 0 aliphatic carbocycles. The highest BCUT2D eigenvalue weighted by Crippen LogP contribution is 2.17. The van der Waals surface area contributed by atoms with Gasteiger partial charge in [0.2, 0.25) is 5.95 Å². The van der Waals surface area contributed by atoms with E-state index in [-0.39, 0.29) is 4.79 Å². The van der Waals surface area contributed by atoms with Crippen molar-refractivity contribution in [1.29, 1.82) is 0 Å². The first-order chi connectivity index (χ1) is 10.1. The Morgan fingerprint density at radius 1 is 1.24 bits per heavy atom. The lowest BCUT2D eigenvalue weighted by atomic mass is 10.2. The molecular formula is C13H11FN6O. The van der Waals surface area contributed by atoms with E-state index in [0.29, 0.717) is 17.2 Å². The Hall–Kier alpha value is -3.03. The smallest absolute Gasteiger partial charge is 0.279 e. The Labute approximate surface area is 118 Å². The van der Waals surface area contributed by atoms with E-state index >= 15 is 0 Å². The van der Waals surface area contributed by atoms with E-state index < -0.39 is 5.56 Å². The number of aromatic nitrogens is 5. The Kier molecular flexibility index (Phi) is 3.19. The predicted octanol–water partition coefficient (Wildman–Crippen LogP) is 1.51. The number of aryl methyl sites for hydroxylation is 1. The van der Waals surface area contributed by atoms with Crippen LogP contribution >= 0.6 is 0 Å². The third-order valence-corrected chi connectivity index (χ3v) is 2.89. The molecule has 0 unspecified atom stereocenters. The van der Waals surface area contributed by atoms with Gasteiger partial charge in [0.25, 0.3) is 5.56 Å². The van der Waals surface area contributed by atoms with Crippen LogP contribution < -0.4 is 10.9 Å². The lowest BCUT2D eigenvalue weighted by Gasteiger charge is -2.06. The molecule has 0 aliphatic heterocycles. The molecule has 0 saturated carbocycles. The molecule has 0 bridgehead atoms. The summed E-state index contributed by atoms with van der Waals surface area (Å²) in [6.45, 7) is 0. The van der Waals surface area contributed by atoms with Gasteiger partial charge in [-0.2, -0.15) is 5.10 Å². The quantitative estimate of drug-likeness (QED) is 0.789. The summed E-state index contributed by atoms with van der Waals surface area (Å²) in [7, 11) is 1.78. The van der Waals surface area contributed by atoms with Crippen molar-refractivity contribution >= 4 is 11.8 Å². The number of anilines is 2. The van der Waals surface area contributed by atoms with Crippen LogP contribution in [0.4, 0.5) is 16.2 Å². The summed E-state index contributed by atoms with van der Waals surface area (Å²) in [6, 6.07) is 6.07. The van der Waals surface area contributed by atoms with Crippen molar-refractivity contribution in [3.8, 4) is 11.3 Å². The van der Waals surface area contributed by atoms with Crippen molar-refractivity contribution in [3.05, 3.63) is 53.2 Å². The van der Waals surface area contributed by atoms with Crippen molar-refractivity contribution < 1.29 is 4.48 Å². The molecule has 7 nitrogen and oxygen atoms in total. The van der Waals surface area contributed by atoms with Crippen LogP contribution in [0.2, 0.25) is 0 Å². The number of nitrogens with zero attached hydrogens (tertiary/aromatic N) is 5. The maximum atomic E-state index is 12.9. The van der Waals surface area contributed by atoms with Crippen molar-refractivity contribution in [2.75, 3.05) is 5.32 Å². The van der Waals surface area contributed by atoms with Gasteiger partial charge in [-0.3, -0.25) is 9.48 Å². The molecule has 3 heterocycles. The van der Waals surface area contributed by atoms with Gasteiger partial charge >= 0.3 is 0 Å². The SMILES string of the molecule is Cn1nccc1Nc1nccc(-c2ccn(F)c(=O)c2)n1. The molecule has 0 aliphatic rings. The summed E-state index contributed by atoms with van der Waals surface area (Å²) >= 11 is 0. The van der Waals surface area contributed by atoms with Crippen LogP contribution in [-0.2, 0) is 7.05 Å². The van der Waals surface area contributed by atoms with E-state index in [0.717, 1.165) is 12.0 Å². The molecule has 0 aromatic carbocycles. The Morgan fingerprint density at radius 2 is 2.10 bits per heavy atom. The Balaban J connectivity index is 1.94. The van der Waals surface area contributed by atoms with E-state index in [4.69, 9.17) is 0 Å². The van der Waals surface area contributed by atoms with Gasteiger partial charge in [0.1, 0.15) is 5.82 Å². The van der Waals surface area contributed by atoms with Gasteiger partial charge in [0, 0.05) is 37.1 Å². The molecule has 0 atom stereocenters. The van der Waals surface area contributed by atoms with E-state index in [1.54, 1.807) is 36.3 Å². The third-order valence-electron chi connectivity index (χ3n) is 2.89. The minimum absolute atomic E-state index is 0.0134. The molecule has 3 rings (SSSR count). The van der Waals surface area contributed by atoms with Gasteiger partial charge in [0.15, 0.2) is 0 Å². The van der Waals surface area contributed by atoms with Gasteiger partial charge in [0.05, 0.1) is 11.9 Å². The molecule has 0 fully saturated rings. The maximum Gasteiger partial charge on any atom is 0.279 e. The van der Waals surface area contributed by atoms with Crippen LogP contribution in [0.1, 0.15) is 0 Å². The zero-order valence-corrected chi connectivity index (χ0v) is 11.1. The van der Waals surface area contributed by atoms with Crippen molar-refractivity contribution in [3.63, 3.8) is 0 Å². The summed E-state index contributed by atoms with van der Waals surface area (Å²) in [5.41, 5.74) is 0.295. The molecule has 0 spiro atoms. The Bertz CT molecular complexity index is 840. The highest BCUT2D eigenvalue weighted by Gasteiger charge is 2.06. The molecular weight excluding hydrogens is 275 g/mol. The molecule has 3 aromatic heterocycles. The van der Waals surface area contributed by atoms with E-state index in [1.807, 2.05) is 0 Å². The topological polar surface area (TPSA) is 77.6 Å². The maximum absolute atomic E-state index is 12.9. The van der Waals surface area contributed by atoms with E-state index in [9.17, 15) is 9.28 Å². The number of hydrogen-bond acceptors (Lipinski definition) is 5. The standard InChI is InChI=1S/C13H11FN6O/c1-19-11(3-6-16-19)18-13-15-5-2-10(17-13)9-4-7-20(14)12(21)8-9/h2-8H,1H3,(H,15,17,18). The number of rotatable bonds is 3. The van der Waals surface area contributed by atoms with E-state index in [2.05, 4.69) is 20.4 Å². The summed E-state index contributed by atoms with van der Waals surface area (Å²) in [6.07, 6.45) is 4.25. The number of pyridine rings is 1. The van der Waals surface area contributed by atoms with Crippen LogP contribution in [0.25, 0.3) is 11.3 Å². The summed E-state index contributed by atoms with van der Waals surface area (Å²) in [4.78, 5) is 19.7. The van der Waals surface area contributed by atoms with Gasteiger partial charge in [-0.05, 0) is 12.1 Å². The number of hydrogen-bond donors (Lipinski definition) is 1. The first kappa shape index (κ1) is 13.0. The highest BCUT2D eigenvalue weighted by atomic mass is 19.2. The van der Waals surface area contributed by atoms with Crippen LogP contribution in [0.3, 0.4) is 0 Å². The van der Waals surface area contributed by atoms with Gasteiger partial charge in [-0.15, -0.1) is 4.79 Å². The zero-order chi connectivity index (χ0) is 14.8. The van der Waals surface area contributed by atoms with Crippen molar-refractivity contribution in [2.24, 2.45) is 7.05 Å². The molecule has 21 heavy (non-hydrogen) atoms. The molecule has 106 valence electrons. The number of nitrogens with one attached hydrogen (secondary N) is 1. The Morgan fingerprint density at radius 3 is 2.81 bits per heavy atom. The van der Waals surface area contributed by atoms with Crippen LogP contribution in [0.5, 0.6) is 0 Å². The summed E-state index contributed by atoms with van der Waals surface area (Å²) in [5.74, 6) is 1.09. The van der Waals surface area contributed by atoms with Gasteiger partial charge in [-0.1, -0.05) is 4.48 Å². The zero-order valence-electron chi connectivity index (χ0n) is 11.1. The minimum Gasteiger partial charge on any atom is -0.309 e. The average Bonchev–Trinajstić information content (AvgIpc) is 2.88. The summed E-state index contributed by atoms with van der Waals surface area (Å²) in [5, 5.41) is 7.04. The first-order valence-corrected chi connectivity index (χ1v) is 6.11. The fraction of sp³-hybridized carbons (Fsp3) is 0.0769.